The smallest absolute Gasteiger partial charge is 0.319 e. The van der Waals surface area contributed by atoms with Crippen molar-refractivity contribution >= 4 is 17.7 Å². The van der Waals surface area contributed by atoms with Gasteiger partial charge in [-0.05, 0) is 43.9 Å². The highest BCUT2D eigenvalue weighted by Gasteiger charge is 2.30. The second kappa shape index (κ2) is 6.47. The molecule has 1 aromatic carbocycles. The van der Waals surface area contributed by atoms with E-state index in [-0.39, 0.29) is 18.0 Å². The number of aliphatic carboxylic acids is 1. The van der Waals surface area contributed by atoms with E-state index in [0.29, 0.717) is 30.7 Å². The number of rotatable bonds is 4. The lowest BCUT2D eigenvalue weighted by Gasteiger charge is -2.15. The van der Waals surface area contributed by atoms with Crippen molar-refractivity contribution < 1.29 is 19.4 Å². The van der Waals surface area contributed by atoms with Crippen LogP contribution >= 0.6 is 0 Å². The molecule has 0 spiro atoms. The Balaban J connectivity index is 1.93. The Hall–Kier alpha value is -2.24. The van der Waals surface area contributed by atoms with Crippen LogP contribution < -0.4 is 15.4 Å². The summed E-state index contributed by atoms with van der Waals surface area (Å²) >= 11 is 0. The maximum absolute atomic E-state index is 12.0. The molecule has 1 aromatic rings. The number of carbonyl (C=O) groups is 2. The number of amides is 2. The molecule has 1 saturated carbocycles. The lowest BCUT2D eigenvalue weighted by atomic mass is 10.1. The quantitative estimate of drug-likeness (QED) is 0.795. The molecular formula is C15H20N2O4. The molecule has 3 N–H and O–H groups in total. The largest absolute Gasteiger partial charge is 0.495 e. The number of hydrogen-bond donors (Lipinski definition) is 3. The molecule has 0 bridgehead atoms. The van der Waals surface area contributed by atoms with Crippen molar-refractivity contribution in [3.8, 4) is 5.75 Å². The predicted molar refractivity (Wildman–Crippen MR) is 78.7 cm³/mol. The van der Waals surface area contributed by atoms with E-state index in [0.717, 1.165) is 5.56 Å². The Labute approximate surface area is 123 Å². The number of carboxylic acid groups (broad SMARTS) is 1. The molecule has 0 radical (unpaired) electrons. The molecule has 6 nitrogen and oxygen atoms in total. The third-order valence-corrected chi connectivity index (χ3v) is 3.72. The number of anilines is 1. The van der Waals surface area contributed by atoms with E-state index in [1.54, 1.807) is 13.2 Å². The molecule has 2 atom stereocenters. The van der Waals surface area contributed by atoms with E-state index in [1.165, 1.54) is 0 Å². The minimum atomic E-state index is -0.792. The average Bonchev–Trinajstić information content (AvgIpc) is 2.87. The number of benzene rings is 1. The molecule has 0 aliphatic heterocycles. The molecule has 0 saturated heterocycles. The summed E-state index contributed by atoms with van der Waals surface area (Å²) in [5.41, 5.74) is 1.61. The van der Waals surface area contributed by atoms with Gasteiger partial charge in [0.25, 0.3) is 0 Å². The van der Waals surface area contributed by atoms with E-state index in [1.807, 2.05) is 19.1 Å². The van der Waals surface area contributed by atoms with Gasteiger partial charge in [0.1, 0.15) is 5.75 Å². The highest BCUT2D eigenvalue weighted by Crippen LogP contribution is 2.27. The first-order chi connectivity index (χ1) is 9.99. The molecule has 2 amide bonds. The first kappa shape index (κ1) is 15.2. The van der Waals surface area contributed by atoms with Gasteiger partial charge in [-0.25, -0.2) is 4.79 Å². The maximum Gasteiger partial charge on any atom is 0.319 e. The van der Waals surface area contributed by atoms with Crippen molar-refractivity contribution in [3.63, 3.8) is 0 Å². The summed E-state index contributed by atoms with van der Waals surface area (Å²) in [5.74, 6) is -0.561. The fourth-order valence-electron chi connectivity index (χ4n) is 2.60. The number of hydrogen-bond acceptors (Lipinski definition) is 3. The van der Waals surface area contributed by atoms with Crippen LogP contribution in [0.25, 0.3) is 0 Å². The van der Waals surface area contributed by atoms with Gasteiger partial charge in [0.15, 0.2) is 0 Å². The molecule has 1 aliphatic rings. The SMILES string of the molecule is COc1ccc(C)cc1NC(=O)N[C@H]1CC[C@@H](C(=O)O)C1. The highest BCUT2D eigenvalue weighted by atomic mass is 16.5. The summed E-state index contributed by atoms with van der Waals surface area (Å²) in [7, 11) is 1.54. The zero-order chi connectivity index (χ0) is 15.4. The van der Waals surface area contributed by atoms with Crippen LogP contribution in [0, 0.1) is 12.8 Å². The monoisotopic (exact) mass is 292 g/mol. The van der Waals surface area contributed by atoms with Crippen LogP contribution in [0.3, 0.4) is 0 Å². The topological polar surface area (TPSA) is 87.7 Å². The first-order valence-corrected chi connectivity index (χ1v) is 6.94. The second-order valence-electron chi connectivity index (χ2n) is 5.35. The number of aryl methyl sites for hydroxylation is 1. The van der Waals surface area contributed by atoms with Gasteiger partial charge in [-0.2, -0.15) is 0 Å². The van der Waals surface area contributed by atoms with Crippen molar-refractivity contribution in [1.82, 2.24) is 5.32 Å². The van der Waals surface area contributed by atoms with E-state index in [2.05, 4.69) is 10.6 Å². The van der Waals surface area contributed by atoms with E-state index >= 15 is 0 Å². The minimum Gasteiger partial charge on any atom is -0.495 e. The molecule has 2 rings (SSSR count). The van der Waals surface area contributed by atoms with Crippen molar-refractivity contribution in [2.75, 3.05) is 12.4 Å². The summed E-state index contributed by atoms with van der Waals surface area (Å²) in [6.45, 7) is 1.93. The van der Waals surface area contributed by atoms with Gasteiger partial charge in [0, 0.05) is 6.04 Å². The number of methoxy groups -OCH3 is 1. The van der Waals surface area contributed by atoms with E-state index in [4.69, 9.17) is 9.84 Å². The number of ether oxygens (including phenoxy) is 1. The van der Waals surface area contributed by atoms with Crippen molar-refractivity contribution in [2.24, 2.45) is 5.92 Å². The summed E-state index contributed by atoms with van der Waals surface area (Å²) in [6.07, 6.45) is 1.77. The lowest BCUT2D eigenvalue weighted by Crippen LogP contribution is -2.36. The normalized spacial score (nSPS) is 20.9. The van der Waals surface area contributed by atoms with E-state index < -0.39 is 5.97 Å². The summed E-state index contributed by atoms with van der Waals surface area (Å²) in [4.78, 5) is 22.9. The zero-order valence-corrected chi connectivity index (χ0v) is 12.2. The van der Waals surface area contributed by atoms with Crippen LogP contribution in [-0.2, 0) is 4.79 Å². The van der Waals surface area contributed by atoms with E-state index in [9.17, 15) is 9.59 Å². The van der Waals surface area contributed by atoms with Gasteiger partial charge < -0.3 is 20.5 Å². The van der Waals surface area contributed by atoms with Crippen LogP contribution in [0.4, 0.5) is 10.5 Å². The van der Waals surface area contributed by atoms with Crippen LogP contribution in [0.15, 0.2) is 18.2 Å². The van der Waals surface area contributed by atoms with Crippen molar-refractivity contribution in [2.45, 2.75) is 32.2 Å². The summed E-state index contributed by atoms with van der Waals surface area (Å²) < 4.78 is 5.20. The molecule has 0 unspecified atom stereocenters. The predicted octanol–water partition coefficient (Wildman–Crippen LogP) is 2.38. The minimum absolute atomic E-state index is 0.0955. The van der Waals surface area contributed by atoms with Gasteiger partial charge in [0.2, 0.25) is 0 Å². The summed E-state index contributed by atoms with van der Waals surface area (Å²) in [6, 6.07) is 5.08. The van der Waals surface area contributed by atoms with Gasteiger partial charge in [-0.3, -0.25) is 4.79 Å². The van der Waals surface area contributed by atoms with Gasteiger partial charge >= 0.3 is 12.0 Å². The van der Waals surface area contributed by atoms with Crippen molar-refractivity contribution in [1.29, 1.82) is 0 Å². The Kier molecular flexibility index (Phi) is 4.67. The fraction of sp³-hybridized carbons (Fsp3) is 0.467. The molecule has 0 heterocycles. The number of urea groups is 1. The highest BCUT2D eigenvalue weighted by molar-refractivity contribution is 5.91. The molecule has 114 valence electrons. The van der Waals surface area contributed by atoms with Gasteiger partial charge in [-0.1, -0.05) is 6.07 Å². The van der Waals surface area contributed by atoms with Gasteiger partial charge in [0.05, 0.1) is 18.7 Å². The third-order valence-electron chi connectivity index (χ3n) is 3.72. The Bertz CT molecular complexity index is 544. The number of nitrogens with one attached hydrogen (secondary N) is 2. The standard InChI is InChI=1S/C15H20N2O4/c1-9-3-6-13(21-2)12(7-9)17-15(20)16-11-5-4-10(8-11)14(18)19/h3,6-7,10-11H,4-5,8H2,1-2H3,(H,18,19)(H2,16,17,20)/t10-,11+/m1/s1. The Morgan fingerprint density at radius 3 is 2.71 bits per heavy atom. The molecule has 0 aromatic heterocycles. The summed E-state index contributed by atoms with van der Waals surface area (Å²) in [5, 5.41) is 14.5. The molecule has 1 aliphatic carbocycles. The van der Waals surface area contributed by atoms with Crippen LogP contribution in [-0.4, -0.2) is 30.3 Å². The van der Waals surface area contributed by atoms with Crippen LogP contribution in [0.2, 0.25) is 0 Å². The average molecular weight is 292 g/mol. The number of carbonyl (C=O) groups excluding carboxylic acids is 1. The van der Waals surface area contributed by atoms with Crippen LogP contribution in [0.1, 0.15) is 24.8 Å². The van der Waals surface area contributed by atoms with Gasteiger partial charge in [-0.15, -0.1) is 0 Å². The fourth-order valence-corrected chi connectivity index (χ4v) is 2.60. The molecular weight excluding hydrogens is 272 g/mol. The zero-order valence-electron chi connectivity index (χ0n) is 12.2. The Morgan fingerprint density at radius 1 is 1.33 bits per heavy atom. The van der Waals surface area contributed by atoms with Crippen molar-refractivity contribution in [3.05, 3.63) is 23.8 Å². The molecule has 1 fully saturated rings. The third kappa shape index (κ3) is 3.87. The second-order valence-corrected chi connectivity index (χ2v) is 5.35. The molecule has 6 heteroatoms. The maximum atomic E-state index is 12.0. The number of carboxylic acids is 1. The van der Waals surface area contributed by atoms with Crippen LogP contribution in [0.5, 0.6) is 5.75 Å². The first-order valence-electron chi connectivity index (χ1n) is 6.94. The lowest BCUT2D eigenvalue weighted by molar-refractivity contribution is -0.141. The Morgan fingerprint density at radius 2 is 2.10 bits per heavy atom. The molecule has 21 heavy (non-hydrogen) atoms.